The highest BCUT2D eigenvalue weighted by Crippen LogP contribution is 2.32. The van der Waals surface area contributed by atoms with Crippen molar-refractivity contribution in [3.8, 4) is 5.75 Å². The van der Waals surface area contributed by atoms with Crippen LogP contribution in [0.5, 0.6) is 5.75 Å². The number of hydrogen-bond acceptors (Lipinski definition) is 3. The lowest BCUT2D eigenvalue weighted by Crippen LogP contribution is -2.20. The summed E-state index contributed by atoms with van der Waals surface area (Å²) in [7, 11) is 1.94. The van der Waals surface area contributed by atoms with E-state index in [0.717, 1.165) is 30.1 Å². The van der Waals surface area contributed by atoms with Crippen LogP contribution in [-0.4, -0.2) is 20.3 Å². The lowest BCUT2D eigenvalue weighted by Gasteiger charge is -2.20. The summed E-state index contributed by atoms with van der Waals surface area (Å²) in [4.78, 5) is 0. The van der Waals surface area contributed by atoms with E-state index in [1.807, 2.05) is 32.2 Å². The quantitative estimate of drug-likeness (QED) is 0.848. The predicted octanol–water partition coefficient (Wildman–Crippen LogP) is 2.65. The van der Waals surface area contributed by atoms with Crippen LogP contribution in [0.15, 0.2) is 36.1 Å². The fraction of sp³-hybridized carbons (Fsp3) is 0.429. The first-order valence-electron chi connectivity index (χ1n) is 6.08. The number of nitrogens with one attached hydrogen (secondary N) is 1. The van der Waals surface area contributed by atoms with E-state index in [1.54, 1.807) is 0 Å². The van der Waals surface area contributed by atoms with Crippen LogP contribution >= 0.6 is 0 Å². The van der Waals surface area contributed by atoms with Crippen molar-refractivity contribution in [2.45, 2.75) is 19.4 Å². The van der Waals surface area contributed by atoms with Crippen molar-refractivity contribution in [3.63, 3.8) is 0 Å². The van der Waals surface area contributed by atoms with Crippen molar-refractivity contribution in [2.75, 3.05) is 20.3 Å². The molecular weight excluding hydrogens is 214 g/mol. The first kappa shape index (κ1) is 12.0. The fourth-order valence-corrected chi connectivity index (χ4v) is 2.10. The first-order valence-corrected chi connectivity index (χ1v) is 6.08. The first-order chi connectivity index (χ1) is 8.36. The van der Waals surface area contributed by atoms with E-state index in [4.69, 9.17) is 9.47 Å². The van der Waals surface area contributed by atoms with E-state index in [2.05, 4.69) is 17.5 Å². The molecule has 1 unspecified atom stereocenters. The fourth-order valence-electron chi connectivity index (χ4n) is 2.10. The number of para-hydroxylation sites is 1. The van der Waals surface area contributed by atoms with Crippen molar-refractivity contribution >= 4 is 0 Å². The molecule has 1 aliphatic rings. The topological polar surface area (TPSA) is 30.5 Å². The average Bonchev–Trinajstić information content (AvgIpc) is 2.86. The van der Waals surface area contributed by atoms with Gasteiger partial charge in [-0.15, -0.1) is 0 Å². The highest BCUT2D eigenvalue weighted by Gasteiger charge is 2.21. The summed E-state index contributed by atoms with van der Waals surface area (Å²) in [6, 6.07) is 8.18. The number of rotatable bonds is 5. The van der Waals surface area contributed by atoms with E-state index in [0.29, 0.717) is 6.61 Å². The van der Waals surface area contributed by atoms with Crippen LogP contribution in [0.25, 0.3) is 0 Å². The SMILES string of the molecule is CCOc1ccccc1C(NC)C1=CCCO1. The van der Waals surface area contributed by atoms with Gasteiger partial charge in [0.1, 0.15) is 11.5 Å². The third-order valence-corrected chi connectivity index (χ3v) is 2.84. The molecule has 1 aromatic carbocycles. The second-order valence-electron chi connectivity index (χ2n) is 3.94. The molecule has 1 heterocycles. The van der Waals surface area contributed by atoms with Gasteiger partial charge in [0.25, 0.3) is 0 Å². The maximum atomic E-state index is 5.66. The normalized spacial score (nSPS) is 16.2. The van der Waals surface area contributed by atoms with Gasteiger partial charge < -0.3 is 14.8 Å². The predicted molar refractivity (Wildman–Crippen MR) is 68.1 cm³/mol. The maximum absolute atomic E-state index is 5.66. The molecule has 0 bridgehead atoms. The Morgan fingerprint density at radius 2 is 2.24 bits per heavy atom. The summed E-state index contributed by atoms with van der Waals surface area (Å²) in [5.41, 5.74) is 1.13. The standard InChI is InChI=1S/C14H19NO2/c1-3-16-12-8-5-4-7-11(12)14(15-2)13-9-6-10-17-13/h4-5,7-9,14-15H,3,6,10H2,1-2H3. The average molecular weight is 233 g/mol. The largest absolute Gasteiger partial charge is 0.496 e. The van der Waals surface area contributed by atoms with Crippen LogP contribution in [0.3, 0.4) is 0 Å². The molecule has 1 N–H and O–H groups in total. The Hall–Kier alpha value is -1.48. The van der Waals surface area contributed by atoms with Crippen molar-refractivity contribution in [2.24, 2.45) is 0 Å². The summed E-state index contributed by atoms with van der Waals surface area (Å²) in [5, 5.41) is 3.29. The zero-order chi connectivity index (χ0) is 12.1. The van der Waals surface area contributed by atoms with Gasteiger partial charge in [-0.2, -0.15) is 0 Å². The molecule has 0 aromatic heterocycles. The van der Waals surface area contributed by atoms with Crippen LogP contribution in [-0.2, 0) is 4.74 Å². The van der Waals surface area contributed by atoms with Crippen LogP contribution in [0.1, 0.15) is 24.9 Å². The molecule has 0 fully saturated rings. The molecule has 0 aliphatic carbocycles. The second-order valence-corrected chi connectivity index (χ2v) is 3.94. The van der Waals surface area contributed by atoms with Gasteiger partial charge >= 0.3 is 0 Å². The van der Waals surface area contributed by atoms with E-state index in [-0.39, 0.29) is 6.04 Å². The van der Waals surface area contributed by atoms with E-state index >= 15 is 0 Å². The molecular formula is C14H19NO2. The Morgan fingerprint density at radius 3 is 2.88 bits per heavy atom. The van der Waals surface area contributed by atoms with Crippen molar-refractivity contribution in [3.05, 3.63) is 41.7 Å². The third-order valence-electron chi connectivity index (χ3n) is 2.84. The lowest BCUT2D eigenvalue weighted by atomic mass is 10.0. The van der Waals surface area contributed by atoms with Gasteiger partial charge in [-0.1, -0.05) is 18.2 Å². The zero-order valence-electron chi connectivity index (χ0n) is 10.4. The minimum Gasteiger partial charge on any atom is -0.496 e. The van der Waals surface area contributed by atoms with E-state index < -0.39 is 0 Å². The number of hydrogen-bond donors (Lipinski definition) is 1. The lowest BCUT2D eigenvalue weighted by molar-refractivity contribution is 0.216. The molecule has 0 radical (unpaired) electrons. The molecule has 2 rings (SSSR count). The number of benzene rings is 1. The molecule has 0 saturated carbocycles. The molecule has 1 atom stereocenters. The smallest absolute Gasteiger partial charge is 0.124 e. The Morgan fingerprint density at radius 1 is 1.41 bits per heavy atom. The molecule has 0 saturated heterocycles. The molecule has 1 aliphatic heterocycles. The van der Waals surface area contributed by atoms with Gasteiger partial charge in [-0.25, -0.2) is 0 Å². The Labute approximate surface area is 102 Å². The summed E-state index contributed by atoms with van der Waals surface area (Å²) in [6.07, 6.45) is 3.13. The Bertz CT molecular complexity index is 401. The summed E-state index contributed by atoms with van der Waals surface area (Å²) < 4.78 is 11.3. The molecule has 1 aromatic rings. The van der Waals surface area contributed by atoms with E-state index in [9.17, 15) is 0 Å². The van der Waals surface area contributed by atoms with Gasteiger partial charge in [0, 0.05) is 12.0 Å². The molecule has 3 nitrogen and oxygen atoms in total. The second kappa shape index (κ2) is 5.73. The summed E-state index contributed by atoms with van der Waals surface area (Å²) in [6.45, 7) is 3.45. The minimum atomic E-state index is 0.0836. The van der Waals surface area contributed by atoms with Gasteiger partial charge in [0.2, 0.25) is 0 Å². The zero-order valence-corrected chi connectivity index (χ0v) is 10.4. The maximum Gasteiger partial charge on any atom is 0.124 e. The Kier molecular flexibility index (Phi) is 4.04. The molecule has 0 spiro atoms. The Balaban J connectivity index is 2.29. The molecule has 0 amide bonds. The minimum absolute atomic E-state index is 0.0836. The molecule has 17 heavy (non-hydrogen) atoms. The number of likely N-dealkylation sites (N-methyl/N-ethyl adjacent to an activating group) is 1. The van der Waals surface area contributed by atoms with Crippen LogP contribution in [0.2, 0.25) is 0 Å². The summed E-state index contributed by atoms with van der Waals surface area (Å²) in [5.74, 6) is 1.92. The third kappa shape index (κ3) is 2.61. The highest BCUT2D eigenvalue weighted by molar-refractivity contribution is 5.39. The van der Waals surface area contributed by atoms with Gasteiger partial charge in [0.05, 0.1) is 19.3 Å². The van der Waals surface area contributed by atoms with Gasteiger partial charge in [0.15, 0.2) is 0 Å². The van der Waals surface area contributed by atoms with Crippen LogP contribution in [0.4, 0.5) is 0 Å². The number of ether oxygens (including phenoxy) is 2. The van der Waals surface area contributed by atoms with Gasteiger partial charge in [-0.3, -0.25) is 0 Å². The van der Waals surface area contributed by atoms with E-state index in [1.165, 1.54) is 0 Å². The van der Waals surface area contributed by atoms with Crippen molar-refractivity contribution in [1.29, 1.82) is 0 Å². The monoisotopic (exact) mass is 233 g/mol. The van der Waals surface area contributed by atoms with Crippen molar-refractivity contribution in [1.82, 2.24) is 5.32 Å². The van der Waals surface area contributed by atoms with Crippen LogP contribution < -0.4 is 10.1 Å². The molecule has 3 heteroatoms. The summed E-state index contributed by atoms with van der Waals surface area (Å²) >= 11 is 0. The highest BCUT2D eigenvalue weighted by atomic mass is 16.5. The van der Waals surface area contributed by atoms with Crippen LogP contribution in [0, 0.1) is 0 Å². The molecule has 92 valence electrons. The van der Waals surface area contributed by atoms with Crippen molar-refractivity contribution < 1.29 is 9.47 Å². The van der Waals surface area contributed by atoms with Gasteiger partial charge in [-0.05, 0) is 26.1 Å².